The van der Waals surface area contributed by atoms with E-state index in [4.69, 9.17) is 11.6 Å². The van der Waals surface area contributed by atoms with Crippen LogP contribution in [0.1, 0.15) is 18.9 Å². The van der Waals surface area contributed by atoms with E-state index < -0.39 is 0 Å². The maximum Gasteiger partial charge on any atom is 0.182 e. The van der Waals surface area contributed by atoms with Gasteiger partial charge in [0.25, 0.3) is 0 Å². The average Bonchev–Trinajstić information content (AvgIpc) is 2.71. The van der Waals surface area contributed by atoms with E-state index in [0.29, 0.717) is 11.2 Å². The van der Waals surface area contributed by atoms with Crippen LogP contribution in [0, 0.1) is 0 Å². The number of hydrogen-bond donors (Lipinski definition) is 0. The van der Waals surface area contributed by atoms with Gasteiger partial charge in [0.2, 0.25) is 0 Å². The normalized spacial score (nSPS) is 22.1. The maximum absolute atomic E-state index is 5.81. The number of fused-ring (bicyclic) bond motifs is 1. The van der Waals surface area contributed by atoms with Crippen LogP contribution >= 0.6 is 11.6 Å². The molecule has 0 aromatic carbocycles. The molecule has 90 valence electrons. The second kappa shape index (κ2) is 4.23. The second-order valence-electron chi connectivity index (χ2n) is 4.59. The second-order valence-corrected chi connectivity index (χ2v) is 4.97. The Bertz CT molecular complexity index is 538. The van der Waals surface area contributed by atoms with E-state index in [-0.39, 0.29) is 0 Å². The smallest absolute Gasteiger partial charge is 0.182 e. The molecule has 0 bridgehead atoms. The molecule has 0 radical (unpaired) electrons. The SMILES string of the molecule is CN1CCC[C@@H](n2cnc3cc(Cl)nnc32)C1. The van der Waals surface area contributed by atoms with Gasteiger partial charge in [0, 0.05) is 18.7 Å². The molecule has 0 unspecified atom stereocenters. The van der Waals surface area contributed by atoms with Gasteiger partial charge in [-0.3, -0.25) is 0 Å². The van der Waals surface area contributed by atoms with Gasteiger partial charge in [-0.1, -0.05) is 11.6 Å². The first kappa shape index (κ1) is 10.9. The third-order valence-corrected chi connectivity index (χ3v) is 3.47. The molecule has 5 nitrogen and oxygen atoms in total. The van der Waals surface area contributed by atoms with Crippen LogP contribution in [-0.4, -0.2) is 44.8 Å². The lowest BCUT2D eigenvalue weighted by Crippen LogP contribution is -2.33. The van der Waals surface area contributed by atoms with Gasteiger partial charge in [0.1, 0.15) is 5.52 Å². The van der Waals surface area contributed by atoms with Crippen molar-refractivity contribution in [3.05, 3.63) is 17.5 Å². The number of rotatable bonds is 1. The van der Waals surface area contributed by atoms with Crippen molar-refractivity contribution in [2.24, 2.45) is 0 Å². The third kappa shape index (κ3) is 2.00. The van der Waals surface area contributed by atoms with Gasteiger partial charge in [0.05, 0.1) is 6.33 Å². The lowest BCUT2D eigenvalue weighted by molar-refractivity contribution is 0.214. The Balaban J connectivity index is 1.99. The fourth-order valence-corrected chi connectivity index (χ4v) is 2.59. The van der Waals surface area contributed by atoms with E-state index in [9.17, 15) is 0 Å². The first-order valence-corrected chi connectivity index (χ1v) is 6.16. The number of nitrogens with zero attached hydrogens (tertiary/aromatic N) is 5. The highest BCUT2D eigenvalue weighted by atomic mass is 35.5. The van der Waals surface area contributed by atoms with Gasteiger partial charge in [0.15, 0.2) is 10.8 Å². The lowest BCUT2D eigenvalue weighted by Gasteiger charge is -2.30. The van der Waals surface area contributed by atoms with Crippen molar-refractivity contribution >= 4 is 22.8 Å². The van der Waals surface area contributed by atoms with Crippen LogP contribution in [0.4, 0.5) is 0 Å². The van der Waals surface area contributed by atoms with Gasteiger partial charge < -0.3 is 9.47 Å². The molecule has 3 heterocycles. The van der Waals surface area contributed by atoms with E-state index in [0.717, 1.165) is 17.7 Å². The summed E-state index contributed by atoms with van der Waals surface area (Å²) in [6.07, 6.45) is 4.22. The van der Waals surface area contributed by atoms with Crippen LogP contribution in [0.2, 0.25) is 5.15 Å². The standard InChI is InChI=1S/C11H14ClN5/c1-16-4-2-3-8(6-16)17-7-13-9-5-10(12)14-15-11(9)17/h5,7-8H,2-4,6H2,1H3/t8-/m1/s1. The van der Waals surface area contributed by atoms with Gasteiger partial charge in [-0.15, -0.1) is 10.2 Å². The Morgan fingerprint density at radius 1 is 1.41 bits per heavy atom. The number of imidazole rings is 1. The molecule has 17 heavy (non-hydrogen) atoms. The van der Waals surface area contributed by atoms with Crippen molar-refractivity contribution in [3.8, 4) is 0 Å². The van der Waals surface area contributed by atoms with Crippen LogP contribution in [0.25, 0.3) is 11.2 Å². The molecular weight excluding hydrogens is 238 g/mol. The molecule has 2 aromatic rings. The molecule has 1 aliphatic rings. The van der Waals surface area contributed by atoms with Crippen LogP contribution in [0.15, 0.2) is 12.4 Å². The fourth-order valence-electron chi connectivity index (χ4n) is 2.44. The van der Waals surface area contributed by atoms with Gasteiger partial charge >= 0.3 is 0 Å². The minimum atomic E-state index is 0.392. The monoisotopic (exact) mass is 251 g/mol. The molecule has 1 aliphatic heterocycles. The number of piperidine rings is 1. The first-order chi connectivity index (χ1) is 8.24. The molecule has 3 rings (SSSR count). The summed E-state index contributed by atoms with van der Waals surface area (Å²) in [5.74, 6) is 0. The van der Waals surface area contributed by atoms with Crippen LogP contribution in [0.5, 0.6) is 0 Å². The van der Waals surface area contributed by atoms with E-state index in [1.807, 2.05) is 6.33 Å². The molecule has 1 fully saturated rings. The highest BCUT2D eigenvalue weighted by molar-refractivity contribution is 6.29. The van der Waals surface area contributed by atoms with Gasteiger partial charge in [-0.05, 0) is 26.4 Å². The zero-order valence-electron chi connectivity index (χ0n) is 9.67. The summed E-state index contributed by atoms with van der Waals surface area (Å²) in [4.78, 5) is 6.67. The Labute approximate surface area is 104 Å². The minimum Gasteiger partial charge on any atom is -0.309 e. The van der Waals surface area contributed by atoms with Crippen molar-refractivity contribution in [3.63, 3.8) is 0 Å². The number of likely N-dealkylation sites (tertiary alicyclic amines) is 1. The Morgan fingerprint density at radius 2 is 2.29 bits per heavy atom. The van der Waals surface area contributed by atoms with Crippen molar-refractivity contribution < 1.29 is 0 Å². The highest BCUT2D eigenvalue weighted by Gasteiger charge is 2.21. The summed E-state index contributed by atoms with van der Waals surface area (Å²) < 4.78 is 2.12. The summed E-state index contributed by atoms with van der Waals surface area (Å²) in [6.45, 7) is 2.20. The molecule has 0 aliphatic carbocycles. The molecule has 2 aromatic heterocycles. The van der Waals surface area contributed by atoms with Crippen molar-refractivity contribution in [2.75, 3.05) is 20.1 Å². The number of likely N-dealkylation sites (N-methyl/N-ethyl adjacent to an activating group) is 1. The van der Waals surface area contributed by atoms with E-state index in [1.54, 1.807) is 6.07 Å². The lowest BCUT2D eigenvalue weighted by atomic mass is 10.1. The first-order valence-electron chi connectivity index (χ1n) is 5.78. The van der Waals surface area contributed by atoms with Gasteiger partial charge in [-0.25, -0.2) is 4.98 Å². The number of halogens is 1. The Kier molecular flexibility index (Phi) is 2.72. The predicted molar refractivity (Wildman–Crippen MR) is 66.1 cm³/mol. The average molecular weight is 252 g/mol. The summed E-state index contributed by atoms with van der Waals surface area (Å²) in [5, 5.41) is 8.43. The van der Waals surface area contributed by atoms with Crippen LogP contribution < -0.4 is 0 Å². The zero-order valence-corrected chi connectivity index (χ0v) is 10.4. The van der Waals surface area contributed by atoms with Crippen LogP contribution in [0.3, 0.4) is 0 Å². The van der Waals surface area contributed by atoms with E-state index in [2.05, 4.69) is 31.7 Å². The molecule has 0 spiro atoms. The molecule has 1 atom stereocenters. The van der Waals surface area contributed by atoms with Crippen LogP contribution in [-0.2, 0) is 0 Å². The molecule has 0 amide bonds. The Hall–Kier alpha value is -1.20. The highest BCUT2D eigenvalue weighted by Crippen LogP contribution is 2.24. The van der Waals surface area contributed by atoms with E-state index >= 15 is 0 Å². The maximum atomic E-state index is 5.81. The Morgan fingerprint density at radius 3 is 3.12 bits per heavy atom. The minimum absolute atomic E-state index is 0.392. The number of aromatic nitrogens is 4. The fraction of sp³-hybridized carbons (Fsp3) is 0.545. The van der Waals surface area contributed by atoms with E-state index in [1.165, 1.54) is 19.4 Å². The van der Waals surface area contributed by atoms with Crippen molar-refractivity contribution in [2.45, 2.75) is 18.9 Å². The molecule has 1 saturated heterocycles. The zero-order chi connectivity index (χ0) is 11.8. The summed E-state index contributed by atoms with van der Waals surface area (Å²) in [6, 6.07) is 2.20. The quantitative estimate of drug-likeness (QED) is 0.775. The summed E-state index contributed by atoms with van der Waals surface area (Å²) in [7, 11) is 2.15. The molecule has 0 saturated carbocycles. The predicted octanol–water partition coefficient (Wildman–Crippen LogP) is 1.75. The summed E-state index contributed by atoms with van der Waals surface area (Å²) in [5.41, 5.74) is 1.65. The van der Waals surface area contributed by atoms with Gasteiger partial charge in [-0.2, -0.15) is 0 Å². The molecule has 6 heteroatoms. The topological polar surface area (TPSA) is 46.8 Å². The van der Waals surface area contributed by atoms with Crippen molar-refractivity contribution in [1.29, 1.82) is 0 Å². The summed E-state index contributed by atoms with van der Waals surface area (Å²) >= 11 is 5.81. The molecular formula is C11H14ClN5. The molecule has 0 N–H and O–H groups in total. The third-order valence-electron chi connectivity index (χ3n) is 3.28. The largest absolute Gasteiger partial charge is 0.309 e. The van der Waals surface area contributed by atoms with Crippen molar-refractivity contribution in [1.82, 2.24) is 24.6 Å². The number of hydrogen-bond acceptors (Lipinski definition) is 4.